The molecule has 2 aromatic rings. The molecule has 1 aromatic carbocycles. The number of benzene rings is 1. The highest BCUT2D eigenvalue weighted by atomic mass is 127. The molecule has 0 spiro atoms. The number of aliphatic imine (C=N–C) groups is 1. The van der Waals surface area contributed by atoms with Crippen LogP contribution >= 0.6 is 24.0 Å². The van der Waals surface area contributed by atoms with Gasteiger partial charge in [-0.1, -0.05) is 0 Å². The van der Waals surface area contributed by atoms with E-state index < -0.39 is 12.1 Å². The minimum atomic E-state index is -4.10. The maximum atomic E-state index is 13.0. The molecule has 5 nitrogen and oxygen atoms in total. The van der Waals surface area contributed by atoms with Crippen molar-refractivity contribution >= 4 is 29.9 Å². The van der Waals surface area contributed by atoms with E-state index in [0.29, 0.717) is 38.3 Å². The van der Waals surface area contributed by atoms with Gasteiger partial charge in [-0.15, -0.1) is 24.0 Å². The Balaban J connectivity index is 0.00000341. The third-order valence-electron chi connectivity index (χ3n) is 5.25. The van der Waals surface area contributed by atoms with E-state index in [2.05, 4.69) is 20.7 Å². The smallest absolute Gasteiger partial charge is 0.357 e. The molecule has 10 heteroatoms. The van der Waals surface area contributed by atoms with Crippen LogP contribution in [0.3, 0.4) is 0 Å². The van der Waals surface area contributed by atoms with Crippen molar-refractivity contribution in [3.05, 3.63) is 48.0 Å². The molecule has 1 fully saturated rings. The second-order valence-corrected chi connectivity index (χ2v) is 7.47. The lowest BCUT2D eigenvalue weighted by atomic mass is 9.85. The molecule has 1 aliphatic rings. The Hall–Kier alpha value is -1.85. The number of alkyl halides is 3. The van der Waals surface area contributed by atoms with Crippen LogP contribution in [0.2, 0.25) is 0 Å². The second kappa shape index (κ2) is 11.7. The van der Waals surface area contributed by atoms with Crippen LogP contribution < -0.4 is 10.6 Å². The lowest BCUT2D eigenvalue weighted by Crippen LogP contribution is -2.46. The fraction of sp³-hybridized carbons (Fsp3) is 0.524. The summed E-state index contributed by atoms with van der Waals surface area (Å²) in [5.74, 6) is -0.868. The zero-order valence-corrected chi connectivity index (χ0v) is 19.7. The number of rotatable bonds is 6. The molecule has 172 valence electrons. The summed E-state index contributed by atoms with van der Waals surface area (Å²) in [7, 11) is 0. The summed E-state index contributed by atoms with van der Waals surface area (Å²) in [5.41, 5.74) is 1.63. The summed E-state index contributed by atoms with van der Waals surface area (Å²) >= 11 is 0. The Labute approximate surface area is 196 Å². The maximum Gasteiger partial charge on any atom is 0.391 e. The summed E-state index contributed by atoms with van der Waals surface area (Å²) in [6.07, 6.45) is -0.391. The third-order valence-corrected chi connectivity index (χ3v) is 5.25. The van der Waals surface area contributed by atoms with Gasteiger partial charge in [-0.2, -0.15) is 18.3 Å². The summed E-state index contributed by atoms with van der Waals surface area (Å²) in [6.45, 7) is 3.11. The highest BCUT2D eigenvalue weighted by Gasteiger charge is 2.41. The molecular weight excluding hydrogens is 525 g/mol. The van der Waals surface area contributed by atoms with Gasteiger partial charge in [0.2, 0.25) is 0 Å². The van der Waals surface area contributed by atoms with Gasteiger partial charge >= 0.3 is 6.18 Å². The van der Waals surface area contributed by atoms with Crippen LogP contribution in [0.1, 0.15) is 38.3 Å². The molecule has 0 bridgehead atoms. The number of nitrogens with zero attached hydrogens (tertiary/aromatic N) is 3. The zero-order valence-electron chi connectivity index (χ0n) is 17.3. The van der Waals surface area contributed by atoms with Gasteiger partial charge in [0.1, 0.15) is 5.82 Å². The Kier molecular flexibility index (Phi) is 9.57. The van der Waals surface area contributed by atoms with Gasteiger partial charge < -0.3 is 10.6 Å². The molecule has 1 aliphatic carbocycles. The average molecular weight is 553 g/mol. The van der Waals surface area contributed by atoms with Gasteiger partial charge in [0.15, 0.2) is 5.96 Å². The highest BCUT2D eigenvalue weighted by Crippen LogP contribution is 2.37. The molecule has 0 saturated heterocycles. The second-order valence-electron chi connectivity index (χ2n) is 7.47. The lowest BCUT2D eigenvalue weighted by Gasteiger charge is -2.31. The van der Waals surface area contributed by atoms with Crippen LogP contribution in [-0.4, -0.2) is 41.0 Å². The summed E-state index contributed by atoms with van der Waals surface area (Å²) in [4.78, 5) is 4.54. The minimum absolute atomic E-state index is 0. The number of guanidine groups is 1. The summed E-state index contributed by atoms with van der Waals surface area (Å²) < 4.78 is 53.2. The van der Waals surface area contributed by atoms with E-state index in [1.165, 1.54) is 12.1 Å². The van der Waals surface area contributed by atoms with Crippen molar-refractivity contribution in [2.24, 2.45) is 10.9 Å². The van der Waals surface area contributed by atoms with Crippen LogP contribution in [-0.2, 0) is 6.42 Å². The van der Waals surface area contributed by atoms with Crippen LogP contribution in [0.15, 0.2) is 41.5 Å². The Bertz CT molecular complexity index is 827. The van der Waals surface area contributed by atoms with Crippen molar-refractivity contribution < 1.29 is 17.6 Å². The first kappa shape index (κ1) is 25.4. The highest BCUT2D eigenvalue weighted by molar-refractivity contribution is 14.0. The number of aromatic nitrogens is 2. The lowest BCUT2D eigenvalue weighted by molar-refractivity contribution is -0.182. The van der Waals surface area contributed by atoms with E-state index in [-0.39, 0.29) is 48.7 Å². The Morgan fingerprint density at radius 1 is 1.13 bits per heavy atom. The quantitative estimate of drug-likeness (QED) is 0.233. The predicted molar refractivity (Wildman–Crippen MR) is 124 cm³/mol. The molecule has 1 aromatic heterocycles. The zero-order chi connectivity index (χ0) is 21.6. The average Bonchev–Trinajstić information content (AvgIpc) is 3.17. The first-order valence-corrected chi connectivity index (χ1v) is 10.3. The predicted octanol–water partition coefficient (Wildman–Crippen LogP) is 4.85. The first-order valence-electron chi connectivity index (χ1n) is 10.3. The van der Waals surface area contributed by atoms with E-state index >= 15 is 0 Å². The number of hydrogen-bond acceptors (Lipinski definition) is 2. The van der Waals surface area contributed by atoms with Gasteiger partial charge in [0.25, 0.3) is 0 Å². The van der Waals surface area contributed by atoms with Crippen molar-refractivity contribution in [1.29, 1.82) is 0 Å². The third kappa shape index (κ3) is 7.65. The van der Waals surface area contributed by atoms with Crippen molar-refractivity contribution in [2.45, 2.75) is 51.2 Å². The van der Waals surface area contributed by atoms with E-state index in [1.807, 2.05) is 19.2 Å². The summed E-state index contributed by atoms with van der Waals surface area (Å²) in [5, 5.41) is 10.9. The molecule has 31 heavy (non-hydrogen) atoms. The molecule has 1 saturated carbocycles. The maximum absolute atomic E-state index is 13.0. The summed E-state index contributed by atoms with van der Waals surface area (Å²) in [6, 6.07) is 7.97. The molecule has 0 radical (unpaired) electrons. The van der Waals surface area contributed by atoms with Gasteiger partial charge in [-0.25, -0.2) is 9.07 Å². The number of hydrogen-bond donors (Lipinski definition) is 2. The van der Waals surface area contributed by atoms with Gasteiger partial charge in [-0.3, -0.25) is 4.99 Å². The molecule has 0 atom stereocenters. The number of halogens is 5. The van der Waals surface area contributed by atoms with Gasteiger partial charge in [0, 0.05) is 31.7 Å². The van der Waals surface area contributed by atoms with Crippen molar-refractivity contribution in [3.8, 4) is 5.69 Å². The van der Waals surface area contributed by atoms with Crippen LogP contribution in [0, 0.1) is 11.7 Å². The standard InChI is InChI=1S/C21H27F4N5.HI/c1-2-26-20(28-17-7-3-15(4-8-17)21(23,24)25)27-13-11-18-12-14-30(29-18)19-9-5-16(22)6-10-19;/h5-6,9-10,12,14-15,17H,2-4,7-8,11,13H2,1H3,(H2,26,27,28);1H. The molecule has 2 N–H and O–H groups in total. The topological polar surface area (TPSA) is 54.2 Å². The molecule has 0 aliphatic heterocycles. The van der Waals surface area contributed by atoms with Crippen molar-refractivity contribution in [3.63, 3.8) is 0 Å². The minimum Gasteiger partial charge on any atom is -0.357 e. The molecule has 1 heterocycles. The van der Waals surface area contributed by atoms with E-state index in [9.17, 15) is 17.6 Å². The van der Waals surface area contributed by atoms with Crippen LogP contribution in [0.25, 0.3) is 5.69 Å². The SMILES string of the molecule is CCNC(=NCCc1ccn(-c2ccc(F)cc2)n1)NC1CCC(C(F)(F)F)CC1.I. The Morgan fingerprint density at radius 3 is 2.42 bits per heavy atom. The first-order chi connectivity index (χ1) is 14.3. The van der Waals surface area contributed by atoms with Crippen LogP contribution in [0.5, 0.6) is 0 Å². The van der Waals surface area contributed by atoms with E-state index in [1.54, 1.807) is 16.8 Å². The molecule has 0 unspecified atom stereocenters. The van der Waals surface area contributed by atoms with Gasteiger partial charge in [0.05, 0.1) is 17.3 Å². The van der Waals surface area contributed by atoms with E-state index in [0.717, 1.165) is 11.4 Å². The largest absolute Gasteiger partial charge is 0.391 e. The normalized spacial score (nSPS) is 19.6. The van der Waals surface area contributed by atoms with Crippen molar-refractivity contribution in [2.75, 3.05) is 13.1 Å². The fourth-order valence-electron chi connectivity index (χ4n) is 3.59. The van der Waals surface area contributed by atoms with Gasteiger partial charge in [-0.05, 0) is 62.9 Å². The molecule has 0 amide bonds. The number of nitrogens with one attached hydrogen (secondary N) is 2. The monoisotopic (exact) mass is 553 g/mol. The Morgan fingerprint density at radius 2 is 1.81 bits per heavy atom. The molecule has 3 rings (SSSR count). The van der Waals surface area contributed by atoms with Crippen LogP contribution in [0.4, 0.5) is 17.6 Å². The fourth-order valence-corrected chi connectivity index (χ4v) is 3.59. The van der Waals surface area contributed by atoms with Crippen molar-refractivity contribution in [1.82, 2.24) is 20.4 Å². The van der Waals surface area contributed by atoms with E-state index in [4.69, 9.17) is 0 Å². The molecular formula is C21H28F4IN5.